The van der Waals surface area contributed by atoms with E-state index >= 15 is 0 Å². The molecule has 1 aliphatic heterocycles. The highest BCUT2D eigenvalue weighted by atomic mass is 16.5. The van der Waals surface area contributed by atoms with Gasteiger partial charge in [-0.05, 0) is 25.5 Å². The smallest absolute Gasteiger partial charge is 0.122 e. The van der Waals surface area contributed by atoms with Gasteiger partial charge >= 0.3 is 0 Å². The standard InChI is InChI=1S/C10H14O/c1-4-10-9(5-6-11-10)7-8(2)3/h4,7H,1,5-6H2,2-3H3. The molecule has 1 nitrogen and oxygen atoms in total. The molecule has 0 unspecified atom stereocenters. The first-order chi connectivity index (χ1) is 5.24. The van der Waals surface area contributed by atoms with Crippen LogP contribution in [0.2, 0.25) is 0 Å². The second-order valence-corrected chi connectivity index (χ2v) is 2.91. The molecule has 0 spiro atoms. The minimum atomic E-state index is 0.806. The van der Waals surface area contributed by atoms with E-state index in [9.17, 15) is 0 Å². The summed E-state index contributed by atoms with van der Waals surface area (Å²) in [5.74, 6) is 0.950. The van der Waals surface area contributed by atoms with Gasteiger partial charge in [0.1, 0.15) is 5.76 Å². The van der Waals surface area contributed by atoms with Crippen LogP contribution < -0.4 is 0 Å². The zero-order valence-electron chi connectivity index (χ0n) is 7.18. The van der Waals surface area contributed by atoms with Crippen molar-refractivity contribution in [2.24, 2.45) is 0 Å². The topological polar surface area (TPSA) is 9.23 Å². The zero-order valence-corrected chi connectivity index (χ0v) is 7.18. The number of hydrogen-bond acceptors (Lipinski definition) is 1. The van der Waals surface area contributed by atoms with Crippen LogP contribution in [-0.2, 0) is 4.74 Å². The Balaban J connectivity index is 2.83. The average molecular weight is 150 g/mol. The molecule has 1 rings (SSSR count). The lowest BCUT2D eigenvalue weighted by Crippen LogP contribution is -1.78. The van der Waals surface area contributed by atoms with Crippen LogP contribution in [0.3, 0.4) is 0 Å². The normalized spacial score (nSPS) is 16.2. The van der Waals surface area contributed by atoms with Crippen LogP contribution in [0.25, 0.3) is 0 Å². The Bertz CT molecular complexity index is 217. The van der Waals surface area contributed by atoms with E-state index in [1.54, 1.807) is 6.08 Å². The molecule has 0 saturated carbocycles. The van der Waals surface area contributed by atoms with E-state index in [0.717, 1.165) is 18.8 Å². The summed E-state index contributed by atoms with van der Waals surface area (Å²) in [7, 11) is 0. The van der Waals surface area contributed by atoms with E-state index in [2.05, 4.69) is 26.5 Å². The number of hydrogen-bond donors (Lipinski definition) is 0. The lowest BCUT2D eigenvalue weighted by atomic mass is 10.1. The molecule has 0 aliphatic carbocycles. The molecular formula is C10H14O. The first kappa shape index (κ1) is 8.12. The van der Waals surface area contributed by atoms with E-state index in [1.807, 2.05) is 0 Å². The molecule has 1 heteroatoms. The third-order valence-corrected chi connectivity index (χ3v) is 1.59. The van der Waals surface area contributed by atoms with Crippen molar-refractivity contribution in [2.45, 2.75) is 20.3 Å². The van der Waals surface area contributed by atoms with Crippen LogP contribution in [0, 0.1) is 0 Å². The second kappa shape index (κ2) is 3.42. The molecule has 1 heterocycles. The van der Waals surface area contributed by atoms with Crippen LogP contribution in [0.15, 0.2) is 35.6 Å². The van der Waals surface area contributed by atoms with Gasteiger partial charge in [0.05, 0.1) is 6.61 Å². The van der Waals surface area contributed by atoms with Gasteiger partial charge in [-0.2, -0.15) is 0 Å². The Morgan fingerprint density at radius 1 is 1.55 bits per heavy atom. The van der Waals surface area contributed by atoms with Gasteiger partial charge in [0.25, 0.3) is 0 Å². The molecule has 0 N–H and O–H groups in total. The fourth-order valence-corrected chi connectivity index (χ4v) is 1.17. The zero-order chi connectivity index (χ0) is 8.27. The minimum Gasteiger partial charge on any atom is -0.493 e. The van der Waals surface area contributed by atoms with Crippen molar-refractivity contribution in [3.8, 4) is 0 Å². The summed E-state index contributed by atoms with van der Waals surface area (Å²) in [6.07, 6.45) is 4.96. The molecule has 0 aromatic heterocycles. The van der Waals surface area contributed by atoms with Crippen LogP contribution in [0.4, 0.5) is 0 Å². The van der Waals surface area contributed by atoms with Crippen molar-refractivity contribution in [2.75, 3.05) is 6.61 Å². The van der Waals surface area contributed by atoms with E-state index in [4.69, 9.17) is 4.74 Å². The van der Waals surface area contributed by atoms with Crippen molar-refractivity contribution < 1.29 is 4.74 Å². The fraction of sp³-hybridized carbons (Fsp3) is 0.400. The average Bonchev–Trinajstić information content (AvgIpc) is 2.34. The highest BCUT2D eigenvalue weighted by molar-refractivity contribution is 5.32. The van der Waals surface area contributed by atoms with Crippen LogP contribution in [-0.4, -0.2) is 6.61 Å². The quantitative estimate of drug-likeness (QED) is 0.588. The molecular weight excluding hydrogens is 136 g/mol. The van der Waals surface area contributed by atoms with E-state index in [1.165, 1.54) is 11.1 Å². The third kappa shape index (κ3) is 1.97. The molecule has 0 radical (unpaired) electrons. The van der Waals surface area contributed by atoms with Crippen molar-refractivity contribution in [1.82, 2.24) is 0 Å². The fourth-order valence-electron chi connectivity index (χ4n) is 1.17. The molecule has 0 bridgehead atoms. The summed E-state index contributed by atoms with van der Waals surface area (Å²) in [4.78, 5) is 0. The number of allylic oxidation sites excluding steroid dienone is 3. The maximum atomic E-state index is 5.33. The van der Waals surface area contributed by atoms with E-state index in [-0.39, 0.29) is 0 Å². The maximum Gasteiger partial charge on any atom is 0.122 e. The number of rotatable bonds is 2. The summed E-state index contributed by atoms with van der Waals surface area (Å²) >= 11 is 0. The summed E-state index contributed by atoms with van der Waals surface area (Å²) in [5.41, 5.74) is 2.59. The third-order valence-electron chi connectivity index (χ3n) is 1.59. The molecule has 0 atom stereocenters. The molecule has 60 valence electrons. The summed E-state index contributed by atoms with van der Waals surface area (Å²) in [6, 6.07) is 0. The Kier molecular flexibility index (Phi) is 2.53. The molecule has 1 aliphatic rings. The predicted octanol–water partition coefficient (Wildman–Crippen LogP) is 2.81. The Morgan fingerprint density at radius 3 is 2.82 bits per heavy atom. The number of ether oxygens (including phenoxy) is 1. The van der Waals surface area contributed by atoms with Gasteiger partial charge in [0, 0.05) is 6.42 Å². The van der Waals surface area contributed by atoms with Crippen LogP contribution in [0.5, 0.6) is 0 Å². The van der Waals surface area contributed by atoms with E-state index in [0.29, 0.717) is 0 Å². The van der Waals surface area contributed by atoms with Gasteiger partial charge in [0.15, 0.2) is 0 Å². The van der Waals surface area contributed by atoms with Crippen molar-refractivity contribution in [1.29, 1.82) is 0 Å². The Labute approximate surface area is 68.1 Å². The molecule has 0 amide bonds. The van der Waals surface area contributed by atoms with Crippen LogP contribution in [0.1, 0.15) is 20.3 Å². The highest BCUT2D eigenvalue weighted by Crippen LogP contribution is 2.21. The molecule has 0 saturated heterocycles. The van der Waals surface area contributed by atoms with Gasteiger partial charge in [-0.1, -0.05) is 18.2 Å². The second-order valence-electron chi connectivity index (χ2n) is 2.91. The predicted molar refractivity (Wildman–Crippen MR) is 47.2 cm³/mol. The van der Waals surface area contributed by atoms with Crippen molar-refractivity contribution in [3.05, 3.63) is 35.6 Å². The largest absolute Gasteiger partial charge is 0.493 e. The monoisotopic (exact) mass is 150 g/mol. The summed E-state index contributed by atoms with van der Waals surface area (Å²) in [5, 5.41) is 0. The first-order valence-electron chi connectivity index (χ1n) is 3.87. The lowest BCUT2D eigenvalue weighted by molar-refractivity contribution is 0.257. The lowest BCUT2D eigenvalue weighted by Gasteiger charge is -1.95. The minimum absolute atomic E-state index is 0.806. The Morgan fingerprint density at radius 2 is 2.27 bits per heavy atom. The first-order valence-corrected chi connectivity index (χ1v) is 3.87. The molecule has 0 aromatic rings. The van der Waals surface area contributed by atoms with Gasteiger partial charge in [-0.3, -0.25) is 0 Å². The van der Waals surface area contributed by atoms with Crippen molar-refractivity contribution >= 4 is 0 Å². The molecule has 0 fully saturated rings. The SMILES string of the molecule is C=CC1=C(C=C(C)C)CCO1. The van der Waals surface area contributed by atoms with Gasteiger partial charge in [0.2, 0.25) is 0 Å². The summed E-state index contributed by atoms with van der Waals surface area (Å²) < 4.78 is 5.33. The van der Waals surface area contributed by atoms with Crippen molar-refractivity contribution in [3.63, 3.8) is 0 Å². The molecule has 11 heavy (non-hydrogen) atoms. The van der Waals surface area contributed by atoms with Gasteiger partial charge in [-0.15, -0.1) is 0 Å². The Hall–Kier alpha value is -0.980. The molecule has 0 aromatic carbocycles. The van der Waals surface area contributed by atoms with Gasteiger partial charge in [-0.25, -0.2) is 0 Å². The maximum absolute atomic E-state index is 5.33. The highest BCUT2D eigenvalue weighted by Gasteiger charge is 2.09. The van der Waals surface area contributed by atoms with Crippen LogP contribution >= 0.6 is 0 Å². The van der Waals surface area contributed by atoms with Gasteiger partial charge < -0.3 is 4.74 Å². The van der Waals surface area contributed by atoms with E-state index < -0.39 is 0 Å². The summed E-state index contributed by atoms with van der Waals surface area (Å²) in [6.45, 7) is 8.67.